The molecular formula is C8H14N4O4S2. The van der Waals surface area contributed by atoms with Gasteiger partial charge in [0.05, 0.1) is 0 Å². The van der Waals surface area contributed by atoms with Gasteiger partial charge < -0.3 is 10.1 Å². The molecule has 1 heterocycles. The SMILES string of the molecule is COCCCNS(=O)(=O)c1nnc(NC(C)=O)s1. The number of carbonyl (C=O) groups excluding carboxylic acids is 1. The Morgan fingerprint density at radius 1 is 1.44 bits per heavy atom. The number of ether oxygens (including phenoxy) is 1. The Hall–Kier alpha value is -1.10. The number of aromatic nitrogens is 2. The van der Waals surface area contributed by atoms with Crippen molar-refractivity contribution in [3.05, 3.63) is 0 Å². The van der Waals surface area contributed by atoms with Crippen molar-refractivity contribution in [3.63, 3.8) is 0 Å². The lowest BCUT2D eigenvalue weighted by Crippen LogP contribution is -2.25. The van der Waals surface area contributed by atoms with Crippen LogP contribution in [0.25, 0.3) is 0 Å². The normalized spacial score (nSPS) is 11.4. The van der Waals surface area contributed by atoms with E-state index in [0.29, 0.717) is 13.0 Å². The summed E-state index contributed by atoms with van der Waals surface area (Å²) in [6.07, 6.45) is 0.563. The standard InChI is InChI=1S/C8H14N4O4S2/c1-6(13)10-7-11-12-8(17-7)18(14,15)9-4-3-5-16-2/h9H,3-5H2,1-2H3,(H,10,11,13). The second-order valence-corrected chi connectivity index (χ2v) is 6.22. The van der Waals surface area contributed by atoms with Crippen molar-refractivity contribution in [1.82, 2.24) is 14.9 Å². The zero-order valence-electron chi connectivity index (χ0n) is 9.97. The summed E-state index contributed by atoms with van der Waals surface area (Å²) >= 11 is 0.796. The molecule has 0 unspecified atom stereocenters. The van der Waals surface area contributed by atoms with Crippen LogP contribution in [0.5, 0.6) is 0 Å². The van der Waals surface area contributed by atoms with E-state index in [2.05, 4.69) is 20.2 Å². The molecule has 1 aromatic heterocycles. The highest BCUT2D eigenvalue weighted by molar-refractivity contribution is 7.91. The van der Waals surface area contributed by atoms with Crippen LogP contribution in [-0.4, -0.2) is 44.8 Å². The number of methoxy groups -OCH3 is 1. The lowest BCUT2D eigenvalue weighted by atomic mass is 10.5. The van der Waals surface area contributed by atoms with Crippen molar-refractivity contribution in [1.29, 1.82) is 0 Å². The predicted octanol–water partition coefficient (Wildman–Crippen LogP) is -0.189. The topological polar surface area (TPSA) is 110 Å². The number of nitrogens with one attached hydrogen (secondary N) is 2. The number of amides is 1. The highest BCUT2D eigenvalue weighted by Crippen LogP contribution is 2.19. The summed E-state index contributed by atoms with van der Waals surface area (Å²) in [4.78, 5) is 10.8. The molecule has 102 valence electrons. The second-order valence-electron chi connectivity index (χ2n) is 3.30. The Morgan fingerprint density at radius 3 is 2.78 bits per heavy atom. The van der Waals surface area contributed by atoms with Gasteiger partial charge in [0.15, 0.2) is 0 Å². The van der Waals surface area contributed by atoms with Crippen molar-refractivity contribution in [3.8, 4) is 0 Å². The molecule has 0 aliphatic carbocycles. The van der Waals surface area contributed by atoms with Gasteiger partial charge in [-0.2, -0.15) is 0 Å². The van der Waals surface area contributed by atoms with Crippen LogP contribution in [0.1, 0.15) is 13.3 Å². The van der Waals surface area contributed by atoms with Crippen LogP contribution in [0, 0.1) is 0 Å². The molecule has 0 aliphatic rings. The molecule has 0 saturated heterocycles. The first-order valence-corrected chi connectivity index (χ1v) is 7.35. The highest BCUT2D eigenvalue weighted by atomic mass is 32.2. The number of anilines is 1. The summed E-state index contributed by atoms with van der Waals surface area (Å²) in [5.74, 6) is -0.330. The summed E-state index contributed by atoms with van der Waals surface area (Å²) in [7, 11) is -2.13. The summed E-state index contributed by atoms with van der Waals surface area (Å²) < 4.78 is 30.5. The third-order valence-corrected chi connectivity index (χ3v) is 4.40. The zero-order chi connectivity index (χ0) is 13.6. The fraction of sp³-hybridized carbons (Fsp3) is 0.625. The average molecular weight is 294 g/mol. The summed E-state index contributed by atoms with van der Waals surface area (Å²) in [6, 6.07) is 0. The van der Waals surface area contributed by atoms with Gasteiger partial charge in [0.2, 0.25) is 15.4 Å². The largest absolute Gasteiger partial charge is 0.385 e. The van der Waals surface area contributed by atoms with Crippen molar-refractivity contribution >= 4 is 32.4 Å². The van der Waals surface area contributed by atoms with Crippen molar-refractivity contribution < 1.29 is 17.9 Å². The van der Waals surface area contributed by atoms with Crippen molar-refractivity contribution in [2.75, 3.05) is 25.6 Å². The Morgan fingerprint density at radius 2 is 2.17 bits per heavy atom. The first-order chi connectivity index (χ1) is 8.45. The minimum absolute atomic E-state index is 0.153. The average Bonchev–Trinajstić information content (AvgIpc) is 2.73. The van der Waals surface area contributed by atoms with Gasteiger partial charge in [-0.05, 0) is 6.42 Å². The quantitative estimate of drug-likeness (QED) is 0.533. The van der Waals surface area contributed by atoms with Crippen LogP contribution in [0.4, 0.5) is 5.13 Å². The molecule has 8 nitrogen and oxygen atoms in total. The van der Waals surface area contributed by atoms with Crippen LogP contribution in [0.2, 0.25) is 0 Å². The molecule has 0 bridgehead atoms. The minimum Gasteiger partial charge on any atom is -0.385 e. The van der Waals surface area contributed by atoms with Gasteiger partial charge in [0.1, 0.15) is 0 Å². The van der Waals surface area contributed by atoms with Gasteiger partial charge in [-0.3, -0.25) is 4.79 Å². The maximum atomic E-state index is 11.7. The molecule has 0 atom stereocenters. The van der Waals surface area contributed by atoms with Crippen molar-refractivity contribution in [2.45, 2.75) is 17.7 Å². The third-order valence-electron chi connectivity index (χ3n) is 1.74. The van der Waals surface area contributed by atoms with Crippen molar-refractivity contribution in [2.24, 2.45) is 0 Å². The van der Waals surface area contributed by atoms with Gasteiger partial charge in [-0.1, -0.05) is 11.3 Å². The summed E-state index contributed by atoms with van der Waals surface area (Å²) in [5, 5.41) is 9.59. The highest BCUT2D eigenvalue weighted by Gasteiger charge is 2.19. The number of carbonyl (C=O) groups is 1. The maximum absolute atomic E-state index is 11.7. The molecule has 0 radical (unpaired) electrons. The number of sulfonamides is 1. The Kier molecular flexibility index (Phi) is 5.59. The summed E-state index contributed by atoms with van der Waals surface area (Å²) in [6.45, 7) is 2.03. The van der Waals surface area contributed by atoms with Crippen LogP contribution < -0.4 is 10.0 Å². The minimum atomic E-state index is -3.67. The Balaban J connectivity index is 2.61. The lowest BCUT2D eigenvalue weighted by Gasteiger charge is -2.02. The van der Waals surface area contributed by atoms with E-state index in [1.54, 1.807) is 7.11 Å². The monoisotopic (exact) mass is 294 g/mol. The molecule has 0 aliphatic heterocycles. The van der Waals surface area contributed by atoms with E-state index in [0.717, 1.165) is 11.3 Å². The number of nitrogens with zero attached hydrogens (tertiary/aromatic N) is 2. The molecule has 0 spiro atoms. The van der Waals surface area contributed by atoms with E-state index in [4.69, 9.17) is 4.74 Å². The molecule has 10 heteroatoms. The van der Waals surface area contributed by atoms with Crippen LogP contribution >= 0.6 is 11.3 Å². The van der Waals surface area contributed by atoms with Crippen LogP contribution in [0.15, 0.2) is 4.34 Å². The number of hydrogen-bond acceptors (Lipinski definition) is 7. The Labute approximate surface area is 109 Å². The van der Waals surface area contributed by atoms with Gasteiger partial charge in [0, 0.05) is 27.2 Å². The fourth-order valence-electron chi connectivity index (χ4n) is 1.00. The van der Waals surface area contributed by atoms with Gasteiger partial charge in [0.25, 0.3) is 10.0 Å². The molecule has 1 rings (SSSR count). The fourth-order valence-corrected chi connectivity index (χ4v) is 3.06. The molecule has 0 saturated carbocycles. The smallest absolute Gasteiger partial charge is 0.269 e. The molecule has 2 N–H and O–H groups in total. The third kappa shape index (κ3) is 4.64. The van der Waals surface area contributed by atoms with Crippen LogP contribution in [-0.2, 0) is 19.6 Å². The first-order valence-electron chi connectivity index (χ1n) is 5.05. The maximum Gasteiger partial charge on any atom is 0.269 e. The van der Waals surface area contributed by atoms with E-state index in [1.165, 1.54) is 6.92 Å². The second kappa shape index (κ2) is 6.73. The molecule has 18 heavy (non-hydrogen) atoms. The molecule has 0 aromatic carbocycles. The molecule has 1 aromatic rings. The number of hydrogen-bond donors (Lipinski definition) is 2. The van der Waals surface area contributed by atoms with Gasteiger partial charge in [-0.25, -0.2) is 13.1 Å². The summed E-state index contributed by atoms with van der Waals surface area (Å²) in [5.41, 5.74) is 0. The predicted molar refractivity (Wildman–Crippen MR) is 65.9 cm³/mol. The van der Waals surface area contributed by atoms with E-state index in [9.17, 15) is 13.2 Å². The Bertz CT molecular complexity index is 499. The van der Waals surface area contributed by atoms with E-state index < -0.39 is 10.0 Å². The van der Waals surface area contributed by atoms with E-state index >= 15 is 0 Å². The van der Waals surface area contributed by atoms with Gasteiger partial charge in [-0.15, -0.1) is 10.2 Å². The van der Waals surface area contributed by atoms with E-state index in [1.807, 2.05) is 0 Å². The zero-order valence-corrected chi connectivity index (χ0v) is 11.6. The molecular weight excluding hydrogens is 280 g/mol. The van der Waals surface area contributed by atoms with E-state index in [-0.39, 0.29) is 21.9 Å². The van der Waals surface area contributed by atoms with Crippen LogP contribution in [0.3, 0.4) is 0 Å². The molecule has 1 amide bonds. The lowest BCUT2D eigenvalue weighted by molar-refractivity contribution is -0.114. The van der Waals surface area contributed by atoms with Gasteiger partial charge >= 0.3 is 0 Å². The number of rotatable bonds is 7. The molecule has 0 fully saturated rings. The first kappa shape index (κ1) is 15.0.